The van der Waals surface area contributed by atoms with Gasteiger partial charge in [0.2, 0.25) is 0 Å². The van der Waals surface area contributed by atoms with E-state index in [1.165, 1.54) is 193 Å². The van der Waals surface area contributed by atoms with E-state index in [1.54, 1.807) is 0 Å². The van der Waals surface area contributed by atoms with E-state index in [-0.39, 0.29) is 12.2 Å². The van der Waals surface area contributed by atoms with Crippen LogP contribution in [-0.4, -0.2) is 68.8 Å². The van der Waals surface area contributed by atoms with E-state index in [2.05, 4.69) is 16.1 Å². The van der Waals surface area contributed by atoms with Gasteiger partial charge in [-0.05, 0) is 184 Å². The lowest BCUT2D eigenvalue weighted by molar-refractivity contribution is 0.00481. The molecule has 0 unspecified atom stereocenters. The fourth-order valence-corrected chi connectivity index (χ4v) is 13.1. The second-order valence-electron chi connectivity index (χ2n) is 20.1. The molecule has 0 radical (unpaired) electrons. The predicted octanol–water partition coefficient (Wildman–Crippen LogP) is 11.6. The SMILES string of the molecule is OC1CCC(CCC2CCC(N(C3CCC(C=NN(C4CCCCC4)C4CCCCC4)CC3)C3CCC(CCC4CCC(O)CC4)CC3)CC2)CC1. The van der Waals surface area contributed by atoms with Crippen LogP contribution < -0.4 is 0 Å². The average Bonchev–Trinajstić information content (AvgIpc) is 3.20. The van der Waals surface area contributed by atoms with Crippen molar-refractivity contribution in [3.63, 3.8) is 0 Å². The lowest BCUT2D eigenvalue weighted by Gasteiger charge is -2.49. The quantitative estimate of drug-likeness (QED) is 0.147. The van der Waals surface area contributed by atoms with Gasteiger partial charge in [0.05, 0.1) is 12.2 Å². The van der Waals surface area contributed by atoms with Gasteiger partial charge in [0.1, 0.15) is 0 Å². The summed E-state index contributed by atoms with van der Waals surface area (Å²) >= 11 is 0. The molecule has 5 heteroatoms. The molecule has 0 aromatic heterocycles. The fourth-order valence-electron chi connectivity index (χ4n) is 13.1. The normalized spacial score (nSPS) is 39.2. The molecule has 7 aliphatic carbocycles. The van der Waals surface area contributed by atoms with Crippen LogP contribution in [0.5, 0.6) is 0 Å². The fraction of sp³-hybridized carbons (Fsp3) is 0.979. The van der Waals surface area contributed by atoms with Gasteiger partial charge < -0.3 is 10.2 Å². The van der Waals surface area contributed by atoms with Gasteiger partial charge in [-0.3, -0.25) is 9.91 Å². The molecule has 298 valence electrons. The summed E-state index contributed by atoms with van der Waals surface area (Å²) in [5.74, 6) is 4.35. The molecule has 2 N–H and O–H groups in total. The van der Waals surface area contributed by atoms with Crippen LogP contribution >= 0.6 is 0 Å². The summed E-state index contributed by atoms with van der Waals surface area (Å²) in [5, 5.41) is 28.1. The summed E-state index contributed by atoms with van der Waals surface area (Å²) in [7, 11) is 0. The zero-order valence-electron chi connectivity index (χ0n) is 33.8. The molecule has 7 rings (SSSR count). The second-order valence-corrected chi connectivity index (χ2v) is 20.1. The Morgan fingerprint density at radius 1 is 0.365 bits per heavy atom. The molecule has 0 aromatic carbocycles. The molecule has 0 aromatic rings. The lowest BCUT2D eigenvalue weighted by Crippen LogP contribution is -2.52. The second kappa shape index (κ2) is 20.5. The molecule has 0 atom stereocenters. The number of aliphatic hydroxyl groups is 2. The van der Waals surface area contributed by atoms with Gasteiger partial charge in [-0.1, -0.05) is 64.2 Å². The van der Waals surface area contributed by atoms with E-state index in [0.29, 0.717) is 18.0 Å². The number of nitrogens with zero attached hydrogens (tertiary/aromatic N) is 3. The molecule has 7 fully saturated rings. The van der Waals surface area contributed by atoms with Crippen LogP contribution in [0.2, 0.25) is 0 Å². The van der Waals surface area contributed by atoms with Gasteiger partial charge in [0.25, 0.3) is 0 Å². The van der Waals surface area contributed by atoms with Gasteiger partial charge in [0, 0.05) is 36.4 Å². The van der Waals surface area contributed by atoms with E-state index >= 15 is 0 Å². The van der Waals surface area contributed by atoms with Crippen molar-refractivity contribution in [2.45, 2.75) is 261 Å². The molecule has 0 saturated heterocycles. The molecule has 5 nitrogen and oxygen atoms in total. The molecule has 0 aliphatic heterocycles. The Morgan fingerprint density at radius 3 is 1.06 bits per heavy atom. The third kappa shape index (κ3) is 11.5. The van der Waals surface area contributed by atoms with E-state index in [0.717, 1.165) is 67.5 Å². The van der Waals surface area contributed by atoms with Crippen molar-refractivity contribution < 1.29 is 10.2 Å². The number of aliphatic hydroxyl groups excluding tert-OH is 2. The first-order valence-electron chi connectivity index (χ1n) is 24.0. The van der Waals surface area contributed by atoms with Crippen LogP contribution in [0.3, 0.4) is 0 Å². The summed E-state index contributed by atoms with van der Waals surface area (Å²) < 4.78 is 0. The van der Waals surface area contributed by atoms with Gasteiger partial charge >= 0.3 is 0 Å². The Labute approximate surface area is 320 Å². The monoisotopic (exact) mass is 722 g/mol. The van der Waals surface area contributed by atoms with E-state index in [9.17, 15) is 10.2 Å². The van der Waals surface area contributed by atoms with Crippen molar-refractivity contribution in [2.24, 2.45) is 34.7 Å². The predicted molar refractivity (Wildman–Crippen MR) is 218 cm³/mol. The molecular formula is C47H83N3O2. The molecule has 0 heterocycles. The number of hydrazone groups is 1. The highest BCUT2D eigenvalue weighted by molar-refractivity contribution is 5.60. The van der Waals surface area contributed by atoms with Crippen LogP contribution in [0.15, 0.2) is 5.10 Å². The molecule has 7 aliphatic rings. The van der Waals surface area contributed by atoms with Gasteiger partial charge in [-0.15, -0.1) is 0 Å². The standard InChI is InChI=1S/C47H83N3O2/c51-46-31-21-38(22-32-46)13-11-36-15-25-41(26-16-36)49(42-27-17-37(18-28-42)12-14-39-23-33-47(52)34-24-39)43-29-19-40(20-30-43)35-48-50(44-7-3-1-4-8-44)45-9-5-2-6-10-45/h35-47,51-52H,1-34H2. The van der Waals surface area contributed by atoms with E-state index < -0.39 is 0 Å². The van der Waals surface area contributed by atoms with Crippen molar-refractivity contribution in [3.8, 4) is 0 Å². The van der Waals surface area contributed by atoms with Crippen LogP contribution in [-0.2, 0) is 0 Å². The maximum Gasteiger partial charge on any atom is 0.0540 e. The Bertz CT molecular complexity index is 936. The summed E-state index contributed by atoms with van der Waals surface area (Å²) in [4.78, 5) is 3.21. The van der Waals surface area contributed by atoms with Crippen molar-refractivity contribution in [1.29, 1.82) is 0 Å². The Balaban J connectivity index is 0.928. The Hall–Kier alpha value is -0.650. The minimum Gasteiger partial charge on any atom is -0.393 e. The third-order valence-corrected chi connectivity index (χ3v) is 16.5. The van der Waals surface area contributed by atoms with Crippen molar-refractivity contribution in [2.75, 3.05) is 0 Å². The summed E-state index contributed by atoms with van der Waals surface area (Å²) in [6.07, 6.45) is 48.5. The Kier molecular flexibility index (Phi) is 15.6. The maximum atomic E-state index is 9.98. The van der Waals surface area contributed by atoms with E-state index in [1.807, 2.05) is 0 Å². The largest absolute Gasteiger partial charge is 0.393 e. The van der Waals surface area contributed by atoms with Crippen molar-refractivity contribution >= 4 is 6.21 Å². The average molecular weight is 722 g/mol. The van der Waals surface area contributed by atoms with Crippen LogP contribution in [0.25, 0.3) is 0 Å². The lowest BCUT2D eigenvalue weighted by atomic mass is 9.75. The summed E-state index contributed by atoms with van der Waals surface area (Å²) in [5.41, 5.74) is 0. The van der Waals surface area contributed by atoms with Crippen LogP contribution in [0.4, 0.5) is 0 Å². The molecule has 0 amide bonds. The zero-order valence-corrected chi connectivity index (χ0v) is 33.8. The number of hydrogen-bond donors (Lipinski definition) is 2. The van der Waals surface area contributed by atoms with Gasteiger partial charge in [-0.2, -0.15) is 5.10 Å². The molecular weight excluding hydrogens is 639 g/mol. The highest BCUT2D eigenvalue weighted by Gasteiger charge is 2.39. The first-order chi connectivity index (χ1) is 25.6. The highest BCUT2D eigenvalue weighted by Crippen LogP contribution is 2.42. The highest BCUT2D eigenvalue weighted by atomic mass is 16.3. The smallest absolute Gasteiger partial charge is 0.0540 e. The third-order valence-electron chi connectivity index (χ3n) is 16.5. The Morgan fingerprint density at radius 2 is 0.692 bits per heavy atom. The van der Waals surface area contributed by atoms with Gasteiger partial charge in [-0.25, -0.2) is 0 Å². The molecule has 0 spiro atoms. The number of hydrogen-bond acceptors (Lipinski definition) is 5. The maximum absolute atomic E-state index is 9.98. The van der Waals surface area contributed by atoms with Crippen molar-refractivity contribution in [3.05, 3.63) is 0 Å². The van der Waals surface area contributed by atoms with E-state index in [4.69, 9.17) is 5.10 Å². The number of rotatable bonds is 13. The van der Waals surface area contributed by atoms with Crippen LogP contribution in [0.1, 0.15) is 218 Å². The minimum absolute atomic E-state index is 0.0141. The van der Waals surface area contributed by atoms with Gasteiger partial charge in [0.15, 0.2) is 0 Å². The molecule has 52 heavy (non-hydrogen) atoms. The topological polar surface area (TPSA) is 59.3 Å². The molecule has 7 saturated carbocycles. The zero-order chi connectivity index (χ0) is 35.5. The first-order valence-corrected chi connectivity index (χ1v) is 24.0. The summed E-state index contributed by atoms with van der Waals surface area (Å²) in [6, 6.07) is 3.84. The van der Waals surface area contributed by atoms with Crippen LogP contribution in [0, 0.1) is 29.6 Å². The minimum atomic E-state index is -0.0141. The first kappa shape index (κ1) is 39.6. The molecule has 0 bridgehead atoms. The summed E-state index contributed by atoms with van der Waals surface area (Å²) in [6.45, 7) is 0. The van der Waals surface area contributed by atoms with Crippen molar-refractivity contribution in [1.82, 2.24) is 9.91 Å².